The Morgan fingerprint density at radius 1 is 0.675 bits per heavy atom. The third-order valence-corrected chi connectivity index (χ3v) is 8.37. The van der Waals surface area contributed by atoms with Crippen molar-refractivity contribution in [3.05, 3.63) is 149 Å². The van der Waals surface area contributed by atoms with Gasteiger partial charge in [-0.1, -0.05) is 62.6 Å². The van der Waals surface area contributed by atoms with Crippen molar-refractivity contribution in [1.82, 2.24) is 0 Å². The van der Waals surface area contributed by atoms with E-state index >= 15 is 0 Å². The molecule has 204 valence electrons. The molecule has 0 unspecified atom stereocenters. The van der Waals surface area contributed by atoms with Crippen LogP contribution in [0.5, 0.6) is 0 Å². The van der Waals surface area contributed by atoms with Crippen LogP contribution in [0, 0.1) is 6.08 Å². The number of hydrogen-bond donors (Lipinski definition) is 0. The van der Waals surface area contributed by atoms with Gasteiger partial charge in [-0.3, -0.25) is 6.08 Å². The number of hydrogen-bond acceptors (Lipinski definition) is 0. The van der Waals surface area contributed by atoms with Crippen LogP contribution >= 0.6 is 0 Å². The molecule has 0 spiro atoms. The van der Waals surface area contributed by atoms with Crippen molar-refractivity contribution in [2.75, 3.05) is 0 Å². The molecular formula is C37H36Cl2Zr-2. The van der Waals surface area contributed by atoms with Crippen LogP contribution in [0.4, 0.5) is 0 Å². The number of allylic oxidation sites excluding steroid dienone is 4. The summed E-state index contributed by atoms with van der Waals surface area (Å²) >= 11 is 1.46. The Balaban J connectivity index is 0.000000221. The number of rotatable bonds is 5. The molecule has 5 aromatic carbocycles. The van der Waals surface area contributed by atoms with Crippen molar-refractivity contribution in [3.8, 4) is 0 Å². The van der Waals surface area contributed by atoms with Crippen molar-refractivity contribution in [3.63, 3.8) is 0 Å². The minimum atomic E-state index is 0. The second-order valence-corrected chi connectivity index (χ2v) is 10.7. The third kappa shape index (κ3) is 9.04. The number of benzene rings is 4. The quantitative estimate of drug-likeness (QED) is 0.257. The van der Waals surface area contributed by atoms with Gasteiger partial charge in [0.15, 0.2) is 0 Å². The van der Waals surface area contributed by atoms with Crippen molar-refractivity contribution < 1.29 is 49.0 Å². The predicted molar refractivity (Wildman–Crippen MR) is 163 cm³/mol. The van der Waals surface area contributed by atoms with Crippen LogP contribution in [0.2, 0.25) is 0 Å². The minimum absolute atomic E-state index is 0. The molecule has 0 saturated heterocycles. The van der Waals surface area contributed by atoms with Gasteiger partial charge in [-0.25, -0.2) is 11.6 Å². The van der Waals surface area contributed by atoms with Gasteiger partial charge in [0.2, 0.25) is 0 Å². The topological polar surface area (TPSA) is 0 Å². The van der Waals surface area contributed by atoms with E-state index in [0.717, 1.165) is 25.7 Å². The molecule has 0 radical (unpaired) electrons. The molecular weight excluding hydrogens is 607 g/mol. The summed E-state index contributed by atoms with van der Waals surface area (Å²) in [5.74, 6) is 0. The van der Waals surface area contributed by atoms with Crippen molar-refractivity contribution in [1.29, 1.82) is 0 Å². The molecule has 0 fully saturated rings. The van der Waals surface area contributed by atoms with Gasteiger partial charge in [0.25, 0.3) is 0 Å². The van der Waals surface area contributed by atoms with E-state index in [2.05, 4.69) is 142 Å². The normalized spacial score (nSPS) is 11.4. The van der Waals surface area contributed by atoms with E-state index in [1.54, 1.807) is 0 Å². The first-order valence-electron chi connectivity index (χ1n) is 13.7. The zero-order valence-electron chi connectivity index (χ0n) is 23.6. The van der Waals surface area contributed by atoms with Crippen LogP contribution in [-0.2, 0) is 37.1 Å². The fraction of sp³-hybridized carbons (Fsp3) is 0.189. The molecule has 0 aromatic heterocycles. The molecule has 0 bridgehead atoms. The molecule has 3 heteroatoms. The van der Waals surface area contributed by atoms with Crippen molar-refractivity contribution in [2.45, 2.75) is 46.5 Å². The van der Waals surface area contributed by atoms with Crippen molar-refractivity contribution >= 4 is 24.8 Å². The van der Waals surface area contributed by atoms with Gasteiger partial charge in [-0.15, -0.1) is 46.2 Å². The van der Waals surface area contributed by atoms with Gasteiger partial charge in [0.05, 0.1) is 0 Å². The Morgan fingerprint density at radius 3 is 1.50 bits per heavy atom. The van der Waals surface area contributed by atoms with Crippen LogP contribution in [0.1, 0.15) is 55.9 Å². The zero-order chi connectivity index (χ0) is 26.7. The van der Waals surface area contributed by atoms with Crippen LogP contribution in [0.25, 0.3) is 21.5 Å². The van der Waals surface area contributed by atoms with Gasteiger partial charge >= 0.3 is 99.2 Å². The first kappa shape index (κ1) is 33.8. The van der Waals surface area contributed by atoms with E-state index in [0.29, 0.717) is 0 Å². The molecule has 1 aliphatic carbocycles. The average molecular weight is 643 g/mol. The molecule has 5 aromatic rings. The predicted octanol–water partition coefficient (Wildman–Crippen LogP) is 3.73. The number of fused-ring (bicyclic) bond motifs is 3. The van der Waals surface area contributed by atoms with Gasteiger partial charge in [0.1, 0.15) is 0 Å². The third-order valence-electron chi connectivity index (χ3n) is 6.95. The second kappa shape index (κ2) is 17.4. The first-order chi connectivity index (χ1) is 18.6. The van der Waals surface area contributed by atoms with Gasteiger partial charge in [-0.05, 0) is 12.8 Å². The average Bonchev–Trinajstić information content (AvgIpc) is 3.65. The maximum absolute atomic E-state index is 3.11. The molecule has 0 heterocycles. The van der Waals surface area contributed by atoms with Crippen LogP contribution in [0.3, 0.4) is 0 Å². The second-order valence-electron chi connectivity index (χ2n) is 9.49. The summed E-state index contributed by atoms with van der Waals surface area (Å²) in [7, 11) is 0. The summed E-state index contributed by atoms with van der Waals surface area (Å²) < 4.78 is 1.42. The van der Waals surface area contributed by atoms with E-state index in [9.17, 15) is 0 Å². The SMILES string of the molecule is CCC1=CC[C-]=C1.CCc1ccc2c(c1)[cH-]c1cc(CC)ccc12.[Cl-].[Cl-].[Zr+2]=[C](c1ccccc1)c1ccccc1. The zero-order valence-corrected chi connectivity index (χ0v) is 27.5. The summed E-state index contributed by atoms with van der Waals surface area (Å²) in [6, 6.07) is 37.1. The summed E-state index contributed by atoms with van der Waals surface area (Å²) in [6.45, 7) is 6.58. The monoisotopic (exact) mass is 640 g/mol. The molecule has 1 aliphatic rings. The molecule has 0 N–H and O–H groups in total. The Hall–Kier alpha value is -2.44. The Bertz CT molecular complexity index is 1440. The first-order valence-corrected chi connectivity index (χ1v) is 14.9. The summed E-state index contributed by atoms with van der Waals surface area (Å²) in [5, 5.41) is 5.54. The molecule has 0 atom stereocenters. The molecule has 40 heavy (non-hydrogen) atoms. The molecule has 6 rings (SSSR count). The van der Waals surface area contributed by atoms with E-state index in [1.807, 2.05) is 0 Å². The molecule has 0 aliphatic heterocycles. The fourth-order valence-electron chi connectivity index (χ4n) is 4.62. The standard InChI is InChI=1S/C17H17.C13H10.C7H9.2ClH.Zr/c1-3-12-5-7-16-14(9-12)11-15-10-13(4-2)6-8-17(15)16;1-3-7-12(8-4-1)11-13-9-5-2-6-10-13;1-2-7-5-3-4-6-7;;;/h5-11H,3-4H2,1-2H3;1-10H;5-6H,2-3H2,1H3;2*1H;/q-1;;-1;;;+2/p-2. The summed E-state index contributed by atoms with van der Waals surface area (Å²) in [5.41, 5.74) is 6.93. The van der Waals surface area contributed by atoms with E-state index in [4.69, 9.17) is 0 Å². The molecule has 0 nitrogen and oxygen atoms in total. The van der Waals surface area contributed by atoms with Gasteiger partial charge < -0.3 is 24.8 Å². The van der Waals surface area contributed by atoms with Crippen molar-refractivity contribution in [2.24, 2.45) is 0 Å². The number of aryl methyl sites for hydroxylation is 2. The van der Waals surface area contributed by atoms with Crippen LogP contribution in [-0.4, -0.2) is 3.21 Å². The summed E-state index contributed by atoms with van der Waals surface area (Å²) in [6.07, 6.45) is 11.8. The van der Waals surface area contributed by atoms with E-state index in [1.165, 1.54) is 76.8 Å². The maximum atomic E-state index is 3.11. The molecule has 0 amide bonds. The molecule has 0 saturated carbocycles. The van der Waals surface area contributed by atoms with Crippen LogP contribution < -0.4 is 24.8 Å². The fourth-order valence-corrected chi connectivity index (χ4v) is 5.44. The Labute approximate surface area is 267 Å². The number of halogens is 2. The Morgan fingerprint density at radius 2 is 1.15 bits per heavy atom. The van der Waals surface area contributed by atoms with E-state index < -0.39 is 0 Å². The summed E-state index contributed by atoms with van der Waals surface area (Å²) in [4.78, 5) is 0. The van der Waals surface area contributed by atoms with E-state index in [-0.39, 0.29) is 24.8 Å². The van der Waals surface area contributed by atoms with Gasteiger partial charge in [0, 0.05) is 0 Å². The van der Waals surface area contributed by atoms with Crippen LogP contribution in [0.15, 0.2) is 121 Å². The van der Waals surface area contributed by atoms with Gasteiger partial charge in [-0.2, -0.15) is 6.08 Å². The Kier molecular flexibility index (Phi) is 14.7.